The molecule has 1 saturated heterocycles. The Morgan fingerprint density at radius 3 is 2.66 bits per heavy atom. The van der Waals surface area contributed by atoms with Crippen LogP contribution < -0.4 is 11.1 Å². The molecular formula is C26H31N9O3. The van der Waals surface area contributed by atoms with Gasteiger partial charge in [0.25, 0.3) is 5.89 Å². The highest BCUT2D eigenvalue weighted by Gasteiger charge is 2.33. The van der Waals surface area contributed by atoms with E-state index in [9.17, 15) is 4.79 Å². The minimum Gasteiger partial charge on any atom is -0.376 e. The number of amides is 1. The normalized spacial score (nSPS) is 16.4. The average molecular weight is 518 g/mol. The molecule has 0 aromatic carbocycles. The molecule has 3 N–H and O–H groups in total. The summed E-state index contributed by atoms with van der Waals surface area (Å²) >= 11 is 0. The summed E-state index contributed by atoms with van der Waals surface area (Å²) in [5.41, 5.74) is 8.47. The van der Waals surface area contributed by atoms with Crippen LogP contribution >= 0.6 is 0 Å². The quantitative estimate of drug-likeness (QED) is 0.356. The number of ether oxygens (including phenoxy) is 1. The molecule has 0 spiro atoms. The number of carbonyl (C=O) groups excluding carboxylic acids is 1. The van der Waals surface area contributed by atoms with Crippen molar-refractivity contribution in [2.75, 3.05) is 18.9 Å². The van der Waals surface area contributed by atoms with Gasteiger partial charge in [0, 0.05) is 43.5 Å². The fourth-order valence-corrected chi connectivity index (χ4v) is 4.52. The summed E-state index contributed by atoms with van der Waals surface area (Å²) in [5, 5.41) is 11.5. The Morgan fingerprint density at radius 1 is 1.16 bits per heavy atom. The van der Waals surface area contributed by atoms with E-state index in [1.807, 2.05) is 18.3 Å². The third-order valence-corrected chi connectivity index (χ3v) is 6.39. The summed E-state index contributed by atoms with van der Waals surface area (Å²) in [5.74, 6) is 0.789. The van der Waals surface area contributed by atoms with Crippen molar-refractivity contribution in [1.82, 2.24) is 40.2 Å². The van der Waals surface area contributed by atoms with Gasteiger partial charge in [-0.3, -0.25) is 14.5 Å². The molecule has 0 aliphatic carbocycles. The van der Waals surface area contributed by atoms with Crippen LogP contribution in [0, 0.1) is 5.41 Å². The van der Waals surface area contributed by atoms with E-state index in [4.69, 9.17) is 15.0 Å². The molecule has 1 unspecified atom stereocenters. The first-order valence-electron chi connectivity index (χ1n) is 12.5. The predicted molar refractivity (Wildman–Crippen MR) is 138 cm³/mol. The van der Waals surface area contributed by atoms with Gasteiger partial charge in [-0.15, -0.1) is 0 Å². The third kappa shape index (κ3) is 5.86. The number of nitrogen functional groups attached to an aromatic ring is 1. The van der Waals surface area contributed by atoms with E-state index in [0.29, 0.717) is 23.8 Å². The lowest BCUT2D eigenvalue weighted by molar-refractivity contribution is -0.122. The Balaban J connectivity index is 1.29. The maximum absolute atomic E-state index is 12.3. The number of hydrogen-bond acceptors (Lipinski definition) is 10. The maximum atomic E-state index is 12.3. The van der Waals surface area contributed by atoms with Crippen LogP contribution in [0.2, 0.25) is 0 Å². The summed E-state index contributed by atoms with van der Waals surface area (Å²) in [6.45, 7) is 7.70. The zero-order valence-electron chi connectivity index (χ0n) is 21.7. The number of anilines is 1. The lowest BCUT2D eigenvalue weighted by Gasteiger charge is -2.28. The van der Waals surface area contributed by atoms with Gasteiger partial charge < -0.3 is 20.3 Å². The molecule has 0 bridgehead atoms. The minimum atomic E-state index is -0.222. The second kappa shape index (κ2) is 10.7. The molecule has 4 aromatic rings. The molecule has 12 nitrogen and oxygen atoms in total. The molecule has 2 atom stereocenters. The molecule has 0 saturated carbocycles. The molecule has 5 heterocycles. The van der Waals surface area contributed by atoms with E-state index in [2.05, 4.69) is 56.3 Å². The molecule has 5 rings (SSSR count). The van der Waals surface area contributed by atoms with E-state index in [1.165, 1.54) is 0 Å². The monoisotopic (exact) mass is 517 g/mol. The van der Waals surface area contributed by atoms with Crippen molar-refractivity contribution in [3.63, 3.8) is 0 Å². The average Bonchev–Trinajstić information content (AvgIpc) is 3.66. The number of nitrogens with one attached hydrogen (secondary N) is 1. The number of hydrogen-bond donors (Lipinski definition) is 2. The summed E-state index contributed by atoms with van der Waals surface area (Å²) in [7, 11) is 0. The van der Waals surface area contributed by atoms with E-state index in [-0.39, 0.29) is 35.8 Å². The standard InChI is InChI=1S/C26H31N9O3/c1-26(2,3)22(16-6-7-20(28-9-16)17-10-30-25(27)31-11-17)23-33-24(38-34-23)18-12-32-35(14-18)15-21(36)29-13-19-5-4-8-37-19/h6-7,9-12,14,19,22H,4-5,8,13,15H2,1-3H3,(H,29,36)(H2,27,30,31)/t19?,22-/m1/s1. The molecule has 1 aliphatic rings. The summed E-state index contributed by atoms with van der Waals surface area (Å²) in [6.07, 6.45) is 10.5. The van der Waals surface area contributed by atoms with Crippen molar-refractivity contribution in [3.05, 3.63) is 54.5 Å². The van der Waals surface area contributed by atoms with Crippen LogP contribution in [0.4, 0.5) is 5.95 Å². The molecule has 1 aliphatic heterocycles. The topological polar surface area (TPSA) is 160 Å². The second-order valence-electron chi connectivity index (χ2n) is 10.4. The first kappa shape index (κ1) is 25.5. The van der Waals surface area contributed by atoms with Gasteiger partial charge in [0.05, 0.1) is 29.5 Å². The minimum absolute atomic E-state index is 0.0927. The Labute approximate surface area is 220 Å². The number of aromatic nitrogens is 7. The Morgan fingerprint density at radius 2 is 1.97 bits per heavy atom. The van der Waals surface area contributed by atoms with Crippen LogP contribution in [0.25, 0.3) is 22.7 Å². The summed E-state index contributed by atoms with van der Waals surface area (Å²) in [6, 6.07) is 3.91. The summed E-state index contributed by atoms with van der Waals surface area (Å²) < 4.78 is 12.7. The number of carbonyl (C=O) groups is 1. The number of nitrogens with zero attached hydrogens (tertiary/aromatic N) is 7. The van der Waals surface area contributed by atoms with Gasteiger partial charge in [0.15, 0.2) is 5.82 Å². The molecular weight excluding hydrogens is 486 g/mol. The van der Waals surface area contributed by atoms with Crippen LogP contribution in [-0.2, 0) is 16.1 Å². The molecule has 198 valence electrons. The Hall–Kier alpha value is -4.19. The first-order valence-corrected chi connectivity index (χ1v) is 12.5. The Kier molecular flexibility index (Phi) is 7.14. The Bertz CT molecular complexity index is 1370. The fraction of sp³-hybridized carbons (Fsp3) is 0.423. The van der Waals surface area contributed by atoms with E-state index in [1.54, 1.807) is 29.5 Å². The number of nitrogens with two attached hydrogens (primary N) is 1. The molecule has 0 radical (unpaired) electrons. The molecule has 4 aromatic heterocycles. The molecule has 38 heavy (non-hydrogen) atoms. The van der Waals surface area contributed by atoms with Gasteiger partial charge in [-0.25, -0.2) is 9.97 Å². The fourth-order valence-electron chi connectivity index (χ4n) is 4.52. The SMILES string of the molecule is CC(C)(C)[C@H](c1ccc(-c2cnc(N)nc2)nc1)c1noc(-c2cnn(CC(=O)NCC3CCCO3)c2)n1. The zero-order valence-corrected chi connectivity index (χ0v) is 21.7. The predicted octanol–water partition coefficient (Wildman–Crippen LogP) is 2.84. The van der Waals surface area contributed by atoms with Crippen molar-refractivity contribution >= 4 is 11.9 Å². The van der Waals surface area contributed by atoms with Crippen molar-refractivity contribution < 1.29 is 14.1 Å². The van der Waals surface area contributed by atoms with Gasteiger partial charge in [-0.2, -0.15) is 10.1 Å². The number of rotatable bonds is 8. The van der Waals surface area contributed by atoms with Crippen LogP contribution in [0.5, 0.6) is 0 Å². The highest BCUT2D eigenvalue weighted by atomic mass is 16.5. The molecule has 1 fully saturated rings. The molecule has 1 amide bonds. The lowest BCUT2D eigenvalue weighted by Crippen LogP contribution is -2.34. The van der Waals surface area contributed by atoms with E-state index < -0.39 is 0 Å². The maximum Gasteiger partial charge on any atom is 0.261 e. The van der Waals surface area contributed by atoms with E-state index >= 15 is 0 Å². The van der Waals surface area contributed by atoms with Crippen LogP contribution in [0.3, 0.4) is 0 Å². The summed E-state index contributed by atoms with van der Waals surface area (Å²) in [4.78, 5) is 29.7. The first-order chi connectivity index (χ1) is 18.3. The van der Waals surface area contributed by atoms with Crippen molar-refractivity contribution in [1.29, 1.82) is 0 Å². The number of pyridine rings is 1. The van der Waals surface area contributed by atoms with Gasteiger partial charge >= 0.3 is 0 Å². The largest absolute Gasteiger partial charge is 0.376 e. The van der Waals surface area contributed by atoms with Crippen LogP contribution in [0.15, 0.2) is 47.6 Å². The van der Waals surface area contributed by atoms with Gasteiger partial charge in [0.2, 0.25) is 11.9 Å². The highest BCUT2D eigenvalue weighted by Crippen LogP contribution is 2.39. The van der Waals surface area contributed by atoms with Crippen molar-refractivity contribution in [2.45, 2.75) is 52.2 Å². The van der Waals surface area contributed by atoms with Crippen LogP contribution in [0.1, 0.15) is 50.9 Å². The lowest BCUT2D eigenvalue weighted by atomic mass is 9.76. The molecule has 12 heteroatoms. The van der Waals surface area contributed by atoms with Gasteiger partial charge in [0.1, 0.15) is 6.54 Å². The smallest absolute Gasteiger partial charge is 0.261 e. The highest BCUT2D eigenvalue weighted by molar-refractivity contribution is 5.75. The zero-order chi connectivity index (χ0) is 26.7. The van der Waals surface area contributed by atoms with Gasteiger partial charge in [-0.05, 0) is 29.9 Å². The van der Waals surface area contributed by atoms with E-state index in [0.717, 1.165) is 36.3 Å². The second-order valence-corrected chi connectivity index (χ2v) is 10.4. The van der Waals surface area contributed by atoms with Crippen molar-refractivity contribution in [2.24, 2.45) is 5.41 Å². The van der Waals surface area contributed by atoms with Crippen LogP contribution in [-0.4, -0.2) is 60.0 Å². The van der Waals surface area contributed by atoms with Gasteiger partial charge in [-0.1, -0.05) is 32.0 Å². The third-order valence-electron chi connectivity index (χ3n) is 6.39. The van der Waals surface area contributed by atoms with Crippen molar-refractivity contribution in [3.8, 4) is 22.7 Å².